The van der Waals surface area contributed by atoms with Gasteiger partial charge in [0.25, 0.3) is 0 Å². The Morgan fingerprint density at radius 3 is 2.86 bits per heavy atom. The van der Waals surface area contributed by atoms with Gasteiger partial charge in [-0.3, -0.25) is 4.57 Å². The zero-order valence-corrected chi connectivity index (χ0v) is 12.8. The van der Waals surface area contributed by atoms with Crippen molar-refractivity contribution in [1.29, 1.82) is 0 Å². The molecular weight excluding hydrogens is 312 g/mol. The molecule has 2 aromatic heterocycles. The van der Waals surface area contributed by atoms with E-state index in [0.29, 0.717) is 34.5 Å². The Hall–Kier alpha value is -1.65. The Morgan fingerprint density at radius 2 is 2.10 bits per heavy atom. The standard InChI is InChI=1S/C15H12Cl2FN3/c1-9-6-12-15(19-8-9)21(14(20-12)4-5-16)13-7-10(18)2-3-11(13)17/h2-3,6-8H,4-5H2,1H3. The number of hydrogen-bond donors (Lipinski definition) is 0. The summed E-state index contributed by atoms with van der Waals surface area (Å²) in [6, 6.07) is 6.16. The highest BCUT2D eigenvalue weighted by molar-refractivity contribution is 6.32. The molecule has 2 heterocycles. The summed E-state index contributed by atoms with van der Waals surface area (Å²) in [5, 5.41) is 0.439. The molecule has 0 bridgehead atoms. The first-order chi connectivity index (χ1) is 10.1. The van der Waals surface area contributed by atoms with Crippen LogP contribution < -0.4 is 0 Å². The van der Waals surface area contributed by atoms with Crippen LogP contribution in [-0.2, 0) is 6.42 Å². The Kier molecular flexibility index (Phi) is 3.83. The lowest BCUT2D eigenvalue weighted by Crippen LogP contribution is -2.04. The topological polar surface area (TPSA) is 30.7 Å². The van der Waals surface area contributed by atoms with Gasteiger partial charge in [-0.05, 0) is 36.8 Å². The Balaban J connectivity index is 2.33. The maximum absolute atomic E-state index is 13.6. The average molecular weight is 324 g/mol. The third kappa shape index (κ3) is 2.61. The second kappa shape index (κ2) is 5.62. The fourth-order valence-electron chi connectivity index (χ4n) is 2.27. The molecule has 3 rings (SSSR count). The maximum atomic E-state index is 13.6. The molecule has 0 aliphatic carbocycles. The number of aromatic nitrogens is 3. The van der Waals surface area contributed by atoms with Crippen LogP contribution in [0.1, 0.15) is 11.4 Å². The summed E-state index contributed by atoms with van der Waals surface area (Å²) >= 11 is 12.1. The predicted octanol–water partition coefficient (Wildman–Crippen LogP) is 4.30. The van der Waals surface area contributed by atoms with E-state index in [1.165, 1.54) is 18.2 Å². The van der Waals surface area contributed by atoms with Gasteiger partial charge >= 0.3 is 0 Å². The highest BCUT2D eigenvalue weighted by Crippen LogP contribution is 2.27. The van der Waals surface area contributed by atoms with Crippen molar-refractivity contribution in [3.8, 4) is 5.69 Å². The number of rotatable bonds is 3. The van der Waals surface area contributed by atoms with E-state index >= 15 is 0 Å². The fourth-order valence-corrected chi connectivity index (χ4v) is 2.65. The zero-order valence-electron chi connectivity index (χ0n) is 11.3. The van der Waals surface area contributed by atoms with E-state index in [1.54, 1.807) is 10.8 Å². The molecule has 1 aromatic carbocycles. The van der Waals surface area contributed by atoms with Gasteiger partial charge in [0.2, 0.25) is 0 Å². The van der Waals surface area contributed by atoms with Crippen molar-refractivity contribution in [1.82, 2.24) is 14.5 Å². The molecular formula is C15H12Cl2FN3. The van der Waals surface area contributed by atoms with Gasteiger partial charge in [-0.2, -0.15) is 0 Å². The molecule has 0 fully saturated rings. The number of aryl methyl sites for hydroxylation is 2. The van der Waals surface area contributed by atoms with Gasteiger partial charge < -0.3 is 0 Å². The molecule has 0 saturated heterocycles. The number of hydrogen-bond acceptors (Lipinski definition) is 2. The van der Waals surface area contributed by atoms with Crippen molar-refractivity contribution in [2.24, 2.45) is 0 Å². The lowest BCUT2D eigenvalue weighted by molar-refractivity contribution is 0.626. The summed E-state index contributed by atoms with van der Waals surface area (Å²) < 4.78 is 15.3. The van der Waals surface area contributed by atoms with Crippen molar-refractivity contribution in [3.63, 3.8) is 0 Å². The SMILES string of the molecule is Cc1cnc2c(c1)nc(CCCl)n2-c1cc(F)ccc1Cl. The number of benzene rings is 1. The minimum Gasteiger partial charge on any atom is -0.279 e. The fraction of sp³-hybridized carbons (Fsp3) is 0.200. The second-order valence-electron chi connectivity index (χ2n) is 4.75. The first-order valence-corrected chi connectivity index (χ1v) is 7.37. The third-order valence-electron chi connectivity index (χ3n) is 3.17. The van der Waals surface area contributed by atoms with Gasteiger partial charge in [0, 0.05) is 18.5 Å². The van der Waals surface area contributed by atoms with Crippen LogP contribution in [0.3, 0.4) is 0 Å². The summed E-state index contributed by atoms with van der Waals surface area (Å²) in [6.07, 6.45) is 2.29. The molecule has 0 amide bonds. The first kappa shape index (κ1) is 14.3. The largest absolute Gasteiger partial charge is 0.279 e. The van der Waals surface area contributed by atoms with Gasteiger partial charge in [-0.25, -0.2) is 14.4 Å². The van der Waals surface area contributed by atoms with Crippen LogP contribution in [0.4, 0.5) is 4.39 Å². The van der Waals surface area contributed by atoms with Crippen molar-refractivity contribution < 1.29 is 4.39 Å². The average Bonchev–Trinajstić information content (AvgIpc) is 2.79. The van der Waals surface area contributed by atoms with Crippen molar-refractivity contribution >= 4 is 34.4 Å². The van der Waals surface area contributed by atoms with Crippen LogP contribution in [0.25, 0.3) is 16.9 Å². The number of alkyl halides is 1. The van der Waals surface area contributed by atoms with Crippen LogP contribution >= 0.6 is 23.2 Å². The first-order valence-electron chi connectivity index (χ1n) is 6.45. The summed E-state index contributed by atoms with van der Waals surface area (Å²) in [4.78, 5) is 8.95. The molecule has 0 atom stereocenters. The van der Waals surface area contributed by atoms with Crippen LogP contribution in [0, 0.1) is 12.7 Å². The van der Waals surface area contributed by atoms with Gasteiger partial charge in [0.15, 0.2) is 5.65 Å². The molecule has 108 valence electrons. The number of nitrogens with zero attached hydrogens (tertiary/aromatic N) is 3. The highest BCUT2D eigenvalue weighted by Gasteiger charge is 2.16. The van der Waals surface area contributed by atoms with E-state index in [1.807, 2.05) is 13.0 Å². The van der Waals surface area contributed by atoms with E-state index < -0.39 is 0 Å². The third-order valence-corrected chi connectivity index (χ3v) is 3.68. The number of imidazole rings is 1. The van der Waals surface area contributed by atoms with E-state index in [-0.39, 0.29) is 5.82 Å². The van der Waals surface area contributed by atoms with Crippen LogP contribution in [0.5, 0.6) is 0 Å². The monoisotopic (exact) mass is 323 g/mol. The second-order valence-corrected chi connectivity index (χ2v) is 5.54. The van der Waals surface area contributed by atoms with Gasteiger partial charge in [0.1, 0.15) is 17.2 Å². The van der Waals surface area contributed by atoms with Crippen molar-refractivity contribution in [2.45, 2.75) is 13.3 Å². The molecule has 6 heteroatoms. The molecule has 0 saturated carbocycles. The number of fused-ring (bicyclic) bond motifs is 1. The van der Waals surface area contributed by atoms with Crippen LogP contribution in [-0.4, -0.2) is 20.4 Å². The summed E-state index contributed by atoms with van der Waals surface area (Å²) in [6.45, 7) is 1.95. The molecule has 0 N–H and O–H groups in total. The summed E-state index contributed by atoms with van der Waals surface area (Å²) in [7, 11) is 0. The van der Waals surface area contributed by atoms with Crippen LogP contribution in [0.2, 0.25) is 5.02 Å². The summed E-state index contributed by atoms with van der Waals surface area (Å²) in [5.41, 5.74) is 2.93. The number of pyridine rings is 1. The number of halogens is 3. The Bertz CT molecular complexity index is 814. The minimum absolute atomic E-state index is 0.361. The Labute approximate surface area is 131 Å². The highest BCUT2D eigenvalue weighted by atomic mass is 35.5. The lowest BCUT2D eigenvalue weighted by atomic mass is 10.3. The predicted molar refractivity (Wildman–Crippen MR) is 83.0 cm³/mol. The lowest BCUT2D eigenvalue weighted by Gasteiger charge is -2.10. The van der Waals surface area contributed by atoms with E-state index in [0.717, 1.165) is 11.1 Å². The molecule has 3 aromatic rings. The molecule has 0 unspecified atom stereocenters. The van der Waals surface area contributed by atoms with E-state index in [9.17, 15) is 4.39 Å². The zero-order chi connectivity index (χ0) is 15.0. The molecule has 0 aliphatic heterocycles. The molecule has 3 nitrogen and oxygen atoms in total. The molecule has 21 heavy (non-hydrogen) atoms. The van der Waals surface area contributed by atoms with Gasteiger partial charge in [-0.15, -0.1) is 11.6 Å². The van der Waals surface area contributed by atoms with E-state index in [2.05, 4.69) is 9.97 Å². The van der Waals surface area contributed by atoms with Crippen LogP contribution in [0.15, 0.2) is 30.5 Å². The normalized spacial score (nSPS) is 11.2. The van der Waals surface area contributed by atoms with E-state index in [4.69, 9.17) is 23.2 Å². The molecule has 0 aliphatic rings. The van der Waals surface area contributed by atoms with Gasteiger partial charge in [-0.1, -0.05) is 11.6 Å². The van der Waals surface area contributed by atoms with Crippen molar-refractivity contribution in [3.05, 3.63) is 52.7 Å². The quantitative estimate of drug-likeness (QED) is 0.673. The molecule has 0 radical (unpaired) electrons. The minimum atomic E-state index is -0.361. The molecule has 0 spiro atoms. The summed E-state index contributed by atoms with van der Waals surface area (Å²) in [5.74, 6) is 0.765. The maximum Gasteiger partial charge on any atom is 0.164 e. The smallest absolute Gasteiger partial charge is 0.164 e. The van der Waals surface area contributed by atoms with Gasteiger partial charge in [0.05, 0.1) is 10.7 Å². The van der Waals surface area contributed by atoms with Crippen molar-refractivity contribution in [2.75, 3.05) is 5.88 Å². The Morgan fingerprint density at radius 1 is 1.29 bits per heavy atom.